The number of hydrogen-bond donors (Lipinski definition) is 1. The minimum Gasteiger partial charge on any atom is -0.255 e. The van der Waals surface area contributed by atoms with E-state index in [1.807, 2.05) is 13.0 Å². The van der Waals surface area contributed by atoms with Gasteiger partial charge < -0.3 is 0 Å². The summed E-state index contributed by atoms with van der Waals surface area (Å²) in [7, 11) is -7.11. The van der Waals surface area contributed by atoms with Gasteiger partial charge in [0, 0.05) is 6.26 Å². The lowest BCUT2D eigenvalue weighted by molar-refractivity contribution is 0.599. The van der Waals surface area contributed by atoms with Crippen molar-refractivity contribution in [3.05, 3.63) is 47.5 Å². The predicted molar refractivity (Wildman–Crippen MR) is 99.5 cm³/mol. The van der Waals surface area contributed by atoms with Crippen LogP contribution in [0.1, 0.15) is 11.1 Å². The van der Waals surface area contributed by atoms with Crippen LogP contribution in [0.25, 0.3) is 10.2 Å². The van der Waals surface area contributed by atoms with E-state index < -0.39 is 19.9 Å². The van der Waals surface area contributed by atoms with Crippen LogP contribution in [0, 0.1) is 13.8 Å². The van der Waals surface area contributed by atoms with Crippen LogP contribution in [0.5, 0.6) is 0 Å². The van der Waals surface area contributed by atoms with Crippen molar-refractivity contribution in [1.29, 1.82) is 0 Å². The number of nitrogens with one attached hydrogen (secondary N) is 1. The van der Waals surface area contributed by atoms with Crippen LogP contribution >= 0.6 is 11.3 Å². The molecule has 0 aliphatic heterocycles. The van der Waals surface area contributed by atoms with E-state index in [1.54, 1.807) is 25.1 Å². The van der Waals surface area contributed by atoms with Crippen LogP contribution in [0.15, 0.2) is 46.2 Å². The van der Waals surface area contributed by atoms with E-state index in [1.165, 1.54) is 12.1 Å². The van der Waals surface area contributed by atoms with Crippen LogP contribution in [-0.4, -0.2) is 28.1 Å². The Morgan fingerprint density at radius 1 is 1.00 bits per heavy atom. The number of rotatable bonds is 4. The van der Waals surface area contributed by atoms with Crippen molar-refractivity contribution in [2.75, 3.05) is 11.0 Å². The Balaban J connectivity index is 2.01. The van der Waals surface area contributed by atoms with Gasteiger partial charge in [0.1, 0.15) is 0 Å². The third-order valence-electron chi connectivity index (χ3n) is 3.64. The molecule has 0 fully saturated rings. The molecule has 0 radical (unpaired) electrons. The molecule has 0 spiro atoms. The summed E-state index contributed by atoms with van der Waals surface area (Å²) < 4.78 is 51.6. The van der Waals surface area contributed by atoms with Gasteiger partial charge in [-0.25, -0.2) is 21.8 Å². The third kappa shape index (κ3) is 3.68. The highest BCUT2D eigenvalue weighted by Gasteiger charge is 2.19. The fourth-order valence-corrected chi connectivity index (χ4v) is 5.54. The lowest BCUT2D eigenvalue weighted by atomic mass is 10.2. The topological polar surface area (TPSA) is 93.2 Å². The molecule has 2 aromatic carbocycles. The molecule has 0 aliphatic carbocycles. The molecule has 0 unspecified atom stereocenters. The van der Waals surface area contributed by atoms with Crippen LogP contribution in [0.2, 0.25) is 0 Å². The zero-order chi connectivity index (χ0) is 18.4. The molecule has 1 heterocycles. The molecule has 3 rings (SSSR count). The first-order valence-electron chi connectivity index (χ1n) is 7.27. The molecule has 0 amide bonds. The summed E-state index contributed by atoms with van der Waals surface area (Å²) in [6.45, 7) is 3.55. The number of aromatic nitrogens is 1. The Hall–Kier alpha value is -1.97. The molecule has 0 atom stereocenters. The second-order valence-corrected chi connectivity index (χ2v) is 10.5. The summed E-state index contributed by atoms with van der Waals surface area (Å²) in [5.74, 6) is 0. The first-order chi connectivity index (χ1) is 11.6. The molecule has 0 saturated heterocycles. The largest absolute Gasteiger partial charge is 0.263 e. The molecule has 0 saturated carbocycles. The minimum atomic E-state index is -3.77. The smallest absolute Gasteiger partial charge is 0.255 e. The van der Waals surface area contributed by atoms with Crippen LogP contribution in [0.4, 0.5) is 5.13 Å². The number of benzene rings is 2. The molecule has 1 N–H and O–H groups in total. The van der Waals surface area contributed by atoms with E-state index in [4.69, 9.17) is 0 Å². The van der Waals surface area contributed by atoms with Gasteiger partial charge in [-0.05, 0) is 49.2 Å². The maximum Gasteiger partial charge on any atom is 0.263 e. The Labute approximate surface area is 150 Å². The van der Waals surface area contributed by atoms with Crippen molar-refractivity contribution in [3.8, 4) is 0 Å². The van der Waals surface area contributed by atoms with Gasteiger partial charge in [-0.3, -0.25) is 4.72 Å². The second kappa shape index (κ2) is 6.08. The Morgan fingerprint density at radius 3 is 2.40 bits per heavy atom. The van der Waals surface area contributed by atoms with Crippen molar-refractivity contribution in [1.82, 2.24) is 4.98 Å². The maximum atomic E-state index is 12.6. The van der Waals surface area contributed by atoms with Gasteiger partial charge in [0.2, 0.25) is 0 Å². The molecule has 0 aliphatic rings. The van der Waals surface area contributed by atoms with Gasteiger partial charge in [-0.1, -0.05) is 23.5 Å². The van der Waals surface area contributed by atoms with E-state index in [-0.39, 0.29) is 14.9 Å². The first-order valence-corrected chi connectivity index (χ1v) is 11.5. The Morgan fingerprint density at radius 2 is 1.72 bits per heavy atom. The quantitative estimate of drug-likeness (QED) is 0.731. The standard InChI is InChI=1S/C16H16N2O4S3/c1-10-4-5-11(2)15(8-10)25(21,22)18-16-17-13-7-6-12(24(3,19)20)9-14(13)23-16/h4-9H,1-3H3,(H,17,18). The van der Waals surface area contributed by atoms with E-state index in [9.17, 15) is 16.8 Å². The van der Waals surface area contributed by atoms with Gasteiger partial charge >= 0.3 is 0 Å². The highest BCUT2D eigenvalue weighted by atomic mass is 32.2. The number of sulfone groups is 1. The van der Waals surface area contributed by atoms with Crippen molar-refractivity contribution in [2.45, 2.75) is 23.6 Å². The zero-order valence-electron chi connectivity index (χ0n) is 13.8. The summed E-state index contributed by atoms with van der Waals surface area (Å²) in [4.78, 5) is 4.60. The number of thiazole rings is 1. The molecular weight excluding hydrogens is 380 g/mol. The molecule has 6 nitrogen and oxygen atoms in total. The molecule has 25 heavy (non-hydrogen) atoms. The van der Waals surface area contributed by atoms with Crippen molar-refractivity contribution >= 4 is 46.5 Å². The van der Waals surface area contributed by atoms with E-state index in [2.05, 4.69) is 9.71 Å². The van der Waals surface area contributed by atoms with Crippen LogP contribution in [0.3, 0.4) is 0 Å². The summed E-state index contributed by atoms with van der Waals surface area (Å²) in [6.07, 6.45) is 1.12. The van der Waals surface area contributed by atoms with Gasteiger partial charge in [0.15, 0.2) is 15.0 Å². The van der Waals surface area contributed by atoms with E-state index in [0.29, 0.717) is 15.8 Å². The summed E-state index contributed by atoms with van der Waals surface area (Å²) in [5.41, 5.74) is 2.02. The second-order valence-electron chi connectivity index (χ2n) is 5.80. The predicted octanol–water partition coefficient (Wildman–Crippen LogP) is 3.12. The van der Waals surface area contributed by atoms with Gasteiger partial charge in [0.25, 0.3) is 10.0 Å². The summed E-state index contributed by atoms with van der Waals surface area (Å²) in [5, 5.41) is 0.196. The normalized spacial score (nSPS) is 12.4. The minimum absolute atomic E-state index is 0.174. The van der Waals surface area contributed by atoms with Crippen LogP contribution in [-0.2, 0) is 19.9 Å². The lowest BCUT2D eigenvalue weighted by Gasteiger charge is -2.08. The first kappa shape index (κ1) is 17.8. The number of aryl methyl sites for hydroxylation is 2. The average molecular weight is 397 g/mol. The fraction of sp³-hybridized carbons (Fsp3) is 0.188. The molecule has 132 valence electrons. The van der Waals surface area contributed by atoms with Gasteiger partial charge in [0.05, 0.1) is 20.0 Å². The monoisotopic (exact) mass is 396 g/mol. The van der Waals surface area contributed by atoms with E-state index in [0.717, 1.165) is 23.2 Å². The maximum absolute atomic E-state index is 12.6. The Bertz CT molecular complexity index is 1180. The SMILES string of the molecule is Cc1ccc(C)c(S(=O)(=O)Nc2nc3ccc(S(C)(=O)=O)cc3s2)c1. The number of fused-ring (bicyclic) bond motifs is 1. The lowest BCUT2D eigenvalue weighted by Crippen LogP contribution is -2.14. The third-order valence-corrected chi connectivity index (χ3v) is 7.30. The van der Waals surface area contributed by atoms with Crippen molar-refractivity contribution in [3.63, 3.8) is 0 Å². The number of sulfonamides is 1. The van der Waals surface area contributed by atoms with Crippen LogP contribution < -0.4 is 4.72 Å². The Kier molecular flexibility index (Phi) is 4.34. The molecule has 1 aromatic heterocycles. The summed E-state index contributed by atoms with van der Waals surface area (Å²) in [6, 6.07) is 9.72. The number of hydrogen-bond acceptors (Lipinski definition) is 6. The van der Waals surface area contributed by atoms with Gasteiger partial charge in [-0.2, -0.15) is 0 Å². The van der Waals surface area contributed by atoms with Gasteiger partial charge in [-0.15, -0.1) is 0 Å². The highest BCUT2D eigenvalue weighted by Crippen LogP contribution is 2.30. The average Bonchev–Trinajstić information content (AvgIpc) is 2.89. The molecule has 3 aromatic rings. The molecule has 0 bridgehead atoms. The number of anilines is 1. The van der Waals surface area contributed by atoms with E-state index >= 15 is 0 Å². The summed E-state index contributed by atoms with van der Waals surface area (Å²) >= 11 is 1.09. The molecular formula is C16H16N2O4S3. The molecule has 9 heteroatoms. The number of nitrogens with zero attached hydrogens (tertiary/aromatic N) is 1. The van der Waals surface area contributed by atoms with Crippen molar-refractivity contribution in [2.24, 2.45) is 0 Å². The highest BCUT2D eigenvalue weighted by molar-refractivity contribution is 7.93. The zero-order valence-corrected chi connectivity index (χ0v) is 16.2. The fourth-order valence-electron chi connectivity index (χ4n) is 2.35. The van der Waals surface area contributed by atoms with Crippen molar-refractivity contribution < 1.29 is 16.8 Å².